The lowest BCUT2D eigenvalue weighted by molar-refractivity contribution is -0.138. The van der Waals surface area contributed by atoms with Crippen LogP contribution in [0.4, 0.5) is 8.78 Å². The first-order valence-corrected chi connectivity index (χ1v) is 15.8. The highest BCUT2D eigenvalue weighted by molar-refractivity contribution is 7.90. The number of rotatable bonds is 9. The van der Waals surface area contributed by atoms with E-state index in [1.54, 1.807) is 31.2 Å². The van der Waals surface area contributed by atoms with Crippen molar-refractivity contribution in [1.82, 2.24) is 13.9 Å². The zero-order chi connectivity index (χ0) is 30.8. The van der Waals surface area contributed by atoms with Gasteiger partial charge in [-0.25, -0.2) is 25.6 Å². The van der Waals surface area contributed by atoms with Gasteiger partial charge in [-0.2, -0.15) is 8.61 Å². The third-order valence-corrected chi connectivity index (χ3v) is 10.6. The molecule has 2 N–H and O–H groups in total. The molecule has 0 radical (unpaired) electrons. The molecule has 3 aromatic rings. The van der Waals surface area contributed by atoms with Crippen LogP contribution >= 0.6 is 11.6 Å². The summed E-state index contributed by atoms with van der Waals surface area (Å²) in [7, 11) is -9.26. The lowest BCUT2D eigenvalue weighted by Gasteiger charge is -2.41. The highest BCUT2D eigenvalue weighted by atomic mass is 35.5. The zero-order valence-electron chi connectivity index (χ0n) is 22.1. The van der Waals surface area contributed by atoms with E-state index < -0.39 is 77.0 Å². The molecule has 224 valence electrons. The molecule has 1 saturated heterocycles. The van der Waals surface area contributed by atoms with Crippen molar-refractivity contribution in [2.45, 2.75) is 41.8 Å². The van der Waals surface area contributed by atoms with Crippen LogP contribution < -0.4 is 5.32 Å². The van der Waals surface area contributed by atoms with E-state index in [1.807, 2.05) is 0 Å². The van der Waals surface area contributed by atoms with E-state index in [-0.39, 0.29) is 19.5 Å². The van der Waals surface area contributed by atoms with Gasteiger partial charge in [0.2, 0.25) is 20.0 Å². The number of nitrogens with one attached hydrogen (secondary N) is 1. The fourth-order valence-electron chi connectivity index (χ4n) is 4.61. The SMILES string of the molecule is Cc1cccc(C(CC(=O)O)NC(=O)C2N(S(=O)(=O)c3ccc(F)cc3)CCCN2S(=O)(=O)c2ccc(F)c(Cl)c2)c1. The Morgan fingerprint density at radius 1 is 0.952 bits per heavy atom. The van der Waals surface area contributed by atoms with Crippen molar-refractivity contribution in [2.75, 3.05) is 13.1 Å². The van der Waals surface area contributed by atoms with E-state index in [1.165, 1.54) is 0 Å². The first-order chi connectivity index (χ1) is 19.7. The Balaban J connectivity index is 1.83. The molecule has 1 fully saturated rings. The molecule has 1 amide bonds. The summed E-state index contributed by atoms with van der Waals surface area (Å²) in [5.74, 6) is -4.00. The van der Waals surface area contributed by atoms with Crippen LogP contribution in [0.5, 0.6) is 0 Å². The molecular weight excluding hydrogens is 616 g/mol. The topological polar surface area (TPSA) is 141 Å². The highest BCUT2D eigenvalue weighted by Crippen LogP contribution is 2.31. The number of carbonyl (C=O) groups excluding carboxylic acids is 1. The number of hydrogen-bond acceptors (Lipinski definition) is 6. The second kappa shape index (κ2) is 12.4. The van der Waals surface area contributed by atoms with Gasteiger partial charge in [0.1, 0.15) is 11.6 Å². The Morgan fingerprint density at radius 2 is 1.55 bits per heavy atom. The number of carbonyl (C=O) groups is 2. The van der Waals surface area contributed by atoms with E-state index in [4.69, 9.17) is 11.6 Å². The third-order valence-electron chi connectivity index (χ3n) is 6.59. The minimum Gasteiger partial charge on any atom is -0.481 e. The van der Waals surface area contributed by atoms with Gasteiger partial charge in [-0.3, -0.25) is 9.59 Å². The molecule has 0 saturated carbocycles. The number of hydrogen-bond donors (Lipinski definition) is 2. The van der Waals surface area contributed by atoms with Crippen LogP contribution in [-0.2, 0) is 29.6 Å². The fraction of sp³-hybridized carbons (Fsp3) is 0.259. The summed E-state index contributed by atoms with van der Waals surface area (Å²) in [4.78, 5) is 24.7. The van der Waals surface area contributed by atoms with Gasteiger partial charge in [-0.1, -0.05) is 41.4 Å². The van der Waals surface area contributed by atoms with Crippen LogP contribution in [0.15, 0.2) is 76.5 Å². The summed E-state index contributed by atoms with van der Waals surface area (Å²) in [5, 5.41) is 11.5. The van der Waals surface area contributed by atoms with Gasteiger partial charge in [0.05, 0.1) is 27.3 Å². The minimum atomic E-state index is -4.67. The Morgan fingerprint density at radius 3 is 2.12 bits per heavy atom. The average molecular weight is 642 g/mol. The Hall–Kier alpha value is -3.43. The number of sulfonamides is 2. The zero-order valence-corrected chi connectivity index (χ0v) is 24.5. The molecule has 2 atom stereocenters. The first kappa shape index (κ1) is 31.5. The van der Waals surface area contributed by atoms with Crippen molar-refractivity contribution >= 4 is 43.5 Å². The second-order valence-electron chi connectivity index (χ2n) is 9.56. The van der Waals surface area contributed by atoms with Gasteiger partial charge < -0.3 is 10.4 Å². The van der Waals surface area contributed by atoms with Crippen LogP contribution in [0.2, 0.25) is 5.02 Å². The summed E-state index contributed by atoms with van der Waals surface area (Å²) >= 11 is 5.82. The molecule has 0 aliphatic carbocycles. The maximum absolute atomic E-state index is 13.9. The molecular formula is C27H26ClF2N3O7S2. The molecule has 2 unspecified atom stereocenters. The van der Waals surface area contributed by atoms with Gasteiger partial charge in [0.15, 0.2) is 6.17 Å². The molecule has 0 spiro atoms. The molecule has 42 heavy (non-hydrogen) atoms. The first-order valence-electron chi connectivity index (χ1n) is 12.5. The molecule has 1 heterocycles. The molecule has 15 heteroatoms. The number of benzene rings is 3. The van der Waals surface area contributed by atoms with E-state index in [0.717, 1.165) is 48.0 Å². The lowest BCUT2D eigenvalue weighted by Crippen LogP contribution is -2.63. The number of carboxylic acids is 1. The van der Waals surface area contributed by atoms with Crippen molar-refractivity contribution < 1.29 is 40.3 Å². The number of amides is 1. The number of nitrogens with zero attached hydrogens (tertiary/aromatic N) is 2. The predicted octanol–water partition coefficient (Wildman–Crippen LogP) is 3.67. The second-order valence-corrected chi connectivity index (χ2v) is 13.8. The van der Waals surface area contributed by atoms with E-state index in [2.05, 4.69) is 5.32 Å². The normalized spacial score (nSPS) is 17.5. The highest BCUT2D eigenvalue weighted by Gasteiger charge is 2.47. The smallest absolute Gasteiger partial charge is 0.305 e. The van der Waals surface area contributed by atoms with Crippen LogP contribution in [0.1, 0.15) is 30.0 Å². The molecule has 0 bridgehead atoms. The maximum Gasteiger partial charge on any atom is 0.305 e. The van der Waals surface area contributed by atoms with Gasteiger partial charge in [-0.15, -0.1) is 0 Å². The largest absolute Gasteiger partial charge is 0.481 e. The van der Waals surface area contributed by atoms with Crippen molar-refractivity contribution in [3.05, 3.63) is 94.5 Å². The van der Waals surface area contributed by atoms with Gasteiger partial charge >= 0.3 is 5.97 Å². The van der Waals surface area contributed by atoms with Crippen molar-refractivity contribution in [3.8, 4) is 0 Å². The summed E-state index contributed by atoms with van der Waals surface area (Å²) in [6.07, 6.45) is -2.65. The van der Waals surface area contributed by atoms with Gasteiger partial charge in [-0.05, 0) is 61.4 Å². The van der Waals surface area contributed by atoms with Crippen LogP contribution in [0.3, 0.4) is 0 Å². The molecule has 0 aromatic heterocycles. The summed E-state index contributed by atoms with van der Waals surface area (Å²) in [6.45, 7) is 1.16. The molecule has 3 aromatic carbocycles. The van der Waals surface area contributed by atoms with E-state index >= 15 is 0 Å². The van der Waals surface area contributed by atoms with Gasteiger partial charge in [0, 0.05) is 13.1 Å². The molecule has 1 aliphatic heterocycles. The summed E-state index contributed by atoms with van der Waals surface area (Å²) < 4.78 is 83.8. The Bertz CT molecular complexity index is 1720. The maximum atomic E-state index is 13.9. The standard InChI is InChI=1S/C27H26ClF2N3O7S2/c1-17-4-2-5-18(14-17)24(16-25(34)35)31-26(36)27-32(41(37,38)20-8-6-19(29)7-9-20)12-3-13-33(27)42(39,40)21-10-11-23(30)22(28)15-21/h2,4-11,14-15,24,27H,3,12-13,16H2,1H3,(H,31,36)(H,34,35). The van der Waals surface area contributed by atoms with Crippen molar-refractivity contribution in [3.63, 3.8) is 0 Å². The Kier molecular flexibility index (Phi) is 9.33. The van der Waals surface area contributed by atoms with E-state index in [9.17, 15) is 40.3 Å². The third kappa shape index (κ3) is 6.63. The van der Waals surface area contributed by atoms with Crippen LogP contribution in [0, 0.1) is 18.6 Å². The predicted molar refractivity (Wildman–Crippen MR) is 148 cm³/mol. The van der Waals surface area contributed by atoms with Gasteiger partial charge in [0.25, 0.3) is 5.91 Å². The number of aliphatic carboxylic acids is 1. The van der Waals surface area contributed by atoms with E-state index in [0.29, 0.717) is 14.2 Å². The summed E-state index contributed by atoms with van der Waals surface area (Å²) in [5.41, 5.74) is 1.15. The Labute approximate surface area is 246 Å². The average Bonchev–Trinajstić information content (AvgIpc) is 2.93. The number of aryl methyl sites for hydroxylation is 1. The van der Waals surface area contributed by atoms with Crippen LogP contribution in [0.25, 0.3) is 0 Å². The monoisotopic (exact) mass is 641 g/mol. The fourth-order valence-corrected chi connectivity index (χ4v) is 8.13. The molecule has 1 aliphatic rings. The van der Waals surface area contributed by atoms with Crippen LogP contribution in [-0.4, -0.2) is 61.7 Å². The number of halogens is 3. The summed E-state index contributed by atoms with van der Waals surface area (Å²) in [6, 6.07) is 11.8. The quantitative estimate of drug-likeness (QED) is 0.363. The van der Waals surface area contributed by atoms with Crippen molar-refractivity contribution in [1.29, 1.82) is 0 Å². The molecule has 10 nitrogen and oxygen atoms in total. The number of carboxylic acid groups (broad SMARTS) is 1. The minimum absolute atomic E-state index is 0.0329. The molecule has 4 rings (SSSR count). The van der Waals surface area contributed by atoms with Crippen molar-refractivity contribution in [2.24, 2.45) is 0 Å². The lowest BCUT2D eigenvalue weighted by atomic mass is 10.0.